The van der Waals surface area contributed by atoms with Crippen molar-refractivity contribution in [3.63, 3.8) is 0 Å². The third-order valence-corrected chi connectivity index (χ3v) is 6.76. The molecule has 1 heterocycles. The van der Waals surface area contributed by atoms with E-state index in [1.54, 1.807) is 6.92 Å². The normalized spacial score (nSPS) is 22.6. The van der Waals surface area contributed by atoms with Crippen LogP contribution in [0.1, 0.15) is 67.7 Å². The molecule has 2 amide bonds. The van der Waals surface area contributed by atoms with Gasteiger partial charge in [0.05, 0.1) is 6.61 Å². The monoisotopic (exact) mass is 418 g/mol. The van der Waals surface area contributed by atoms with Gasteiger partial charge in [-0.05, 0) is 63.6 Å². The first-order chi connectivity index (χ1) is 14.2. The quantitative estimate of drug-likeness (QED) is 0.587. The van der Waals surface area contributed by atoms with Gasteiger partial charge in [0, 0.05) is 18.0 Å². The lowest BCUT2D eigenvalue weighted by molar-refractivity contribution is -0.141. The molecule has 1 unspecified atom stereocenters. The van der Waals surface area contributed by atoms with Crippen LogP contribution in [0.2, 0.25) is 0 Å². The Morgan fingerprint density at radius 3 is 2.43 bits per heavy atom. The fourth-order valence-corrected chi connectivity index (χ4v) is 4.46. The van der Waals surface area contributed by atoms with Gasteiger partial charge in [0.2, 0.25) is 5.91 Å². The standard InChI is InChI=1S/C23H34N2O5/c1-13-14(2)20-17(15(3)19(13)27)10-11-23(4,30-20)22(29)25-18(12-26)21(28)24-16-8-6-5-7-9-16/h16,18,26-27H,5-12H2,1-4H3,(H,24,28)(H,25,29)/t18-,23?/m0/s1. The summed E-state index contributed by atoms with van der Waals surface area (Å²) in [4.78, 5) is 25.7. The fourth-order valence-electron chi connectivity index (χ4n) is 4.46. The number of benzene rings is 1. The van der Waals surface area contributed by atoms with Gasteiger partial charge in [-0.15, -0.1) is 0 Å². The summed E-state index contributed by atoms with van der Waals surface area (Å²) < 4.78 is 6.17. The number of aromatic hydroxyl groups is 1. The van der Waals surface area contributed by atoms with Crippen LogP contribution in [0, 0.1) is 20.8 Å². The molecule has 0 aromatic heterocycles. The number of hydrogen-bond donors (Lipinski definition) is 4. The van der Waals surface area contributed by atoms with Crippen molar-refractivity contribution >= 4 is 11.8 Å². The second-order valence-corrected chi connectivity index (χ2v) is 8.92. The van der Waals surface area contributed by atoms with Crippen molar-refractivity contribution in [2.75, 3.05) is 6.61 Å². The Labute approximate surface area is 178 Å². The first-order valence-electron chi connectivity index (χ1n) is 10.9. The Morgan fingerprint density at radius 2 is 1.80 bits per heavy atom. The number of hydrogen-bond acceptors (Lipinski definition) is 5. The van der Waals surface area contributed by atoms with E-state index in [1.807, 2.05) is 20.8 Å². The highest BCUT2D eigenvalue weighted by Gasteiger charge is 2.42. The zero-order chi connectivity index (χ0) is 22.1. The minimum Gasteiger partial charge on any atom is -0.507 e. The van der Waals surface area contributed by atoms with E-state index in [9.17, 15) is 19.8 Å². The molecule has 1 aliphatic carbocycles. The number of phenolic OH excluding ortho intramolecular Hbond substituents is 1. The number of aliphatic hydroxyl groups excluding tert-OH is 1. The van der Waals surface area contributed by atoms with Crippen LogP contribution >= 0.6 is 0 Å². The summed E-state index contributed by atoms with van der Waals surface area (Å²) >= 11 is 0. The zero-order valence-electron chi connectivity index (χ0n) is 18.4. The summed E-state index contributed by atoms with van der Waals surface area (Å²) in [5.74, 6) is 0.112. The van der Waals surface area contributed by atoms with Crippen molar-refractivity contribution in [1.82, 2.24) is 10.6 Å². The molecule has 7 heteroatoms. The van der Waals surface area contributed by atoms with Crippen LogP contribution in [-0.2, 0) is 16.0 Å². The summed E-state index contributed by atoms with van der Waals surface area (Å²) in [5.41, 5.74) is 2.06. The van der Waals surface area contributed by atoms with Crippen molar-refractivity contribution in [1.29, 1.82) is 0 Å². The van der Waals surface area contributed by atoms with Crippen molar-refractivity contribution in [2.24, 2.45) is 0 Å². The number of nitrogens with one attached hydrogen (secondary N) is 2. The highest BCUT2D eigenvalue weighted by molar-refractivity contribution is 5.92. The molecule has 2 aliphatic rings. The van der Waals surface area contributed by atoms with Crippen molar-refractivity contribution in [2.45, 2.75) is 90.3 Å². The molecule has 0 saturated heterocycles. The molecule has 166 valence electrons. The van der Waals surface area contributed by atoms with Crippen molar-refractivity contribution in [3.8, 4) is 11.5 Å². The molecule has 1 aromatic rings. The average molecular weight is 419 g/mol. The van der Waals surface area contributed by atoms with Gasteiger partial charge in [0.1, 0.15) is 17.5 Å². The van der Waals surface area contributed by atoms with Crippen LogP contribution in [0.3, 0.4) is 0 Å². The van der Waals surface area contributed by atoms with Crippen molar-refractivity contribution < 1.29 is 24.5 Å². The first kappa shape index (κ1) is 22.4. The summed E-state index contributed by atoms with van der Waals surface area (Å²) in [7, 11) is 0. The number of rotatable bonds is 5. The van der Waals surface area contributed by atoms with E-state index in [1.165, 1.54) is 6.42 Å². The van der Waals surface area contributed by atoms with Crippen LogP contribution in [0.25, 0.3) is 0 Å². The highest BCUT2D eigenvalue weighted by Crippen LogP contribution is 2.43. The van der Waals surface area contributed by atoms with Gasteiger partial charge < -0.3 is 25.6 Å². The lowest BCUT2D eigenvalue weighted by Gasteiger charge is -2.37. The summed E-state index contributed by atoms with van der Waals surface area (Å²) in [5, 5.41) is 25.7. The molecule has 1 saturated carbocycles. The van der Waals surface area contributed by atoms with Gasteiger partial charge in [-0.3, -0.25) is 9.59 Å². The number of amides is 2. The number of ether oxygens (including phenoxy) is 1. The molecule has 4 N–H and O–H groups in total. The highest BCUT2D eigenvalue weighted by atomic mass is 16.5. The zero-order valence-corrected chi connectivity index (χ0v) is 18.4. The number of aliphatic hydroxyl groups is 1. The Kier molecular flexibility index (Phi) is 6.60. The van der Waals surface area contributed by atoms with E-state index < -0.39 is 24.2 Å². The molecule has 1 aliphatic heterocycles. The van der Waals surface area contributed by atoms with Gasteiger partial charge in [-0.1, -0.05) is 19.3 Å². The van der Waals surface area contributed by atoms with Crippen LogP contribution in [0.15, 0.2) is 0 Å². The predicted octanol–water partition coefficient (Wildman–Crippen LogP) is 2.33. The lowest BCUT2D eigenvalue weighted by atomic mass is 9.86. The molecule has 2 atom stereocenters. The molecule has 7 nitrogen and oxygen atoms in total. The molecule has 0 bridgehead atoms. The molecule has 0 spiro atoms. The Morgan fingerprint density at radius 1 is 1.13 bits per heavy atom. The maximum Gasteiger partial charge on any atom is 0.264 e. The molecule has 0 radical (unpaired) electrons. The molecule has 1 fully saturated rings. The number of fused-ring (bicyclic) bond motifs is 1. The van der Waals surface area contributed by atoms with E-state index in [0.29, 0.717) is 18.6 Å². The van der Waals surface area contributed by atoms with Gasteiger partial charge in [0.15, 0.2) is 5.60 Å². The minimum atomic E-state index is -1.16. The lowest BCUT2D eigenvalue weighted by Crippen LogP contribution is -2.58. The Balaban J connectivity index is 1.72. The smallest absolute Gasteiger partial charge is 0.264 e. The largest absolute Gasteiger partial charge is 0.507 e. The Hall–Kier alpha value is -2.28. The number of carbonyl (C=O) groups excluding carboxylic acids is 2. The maximum atomic E-state index is 13.1. The third-order valence-electron chi connectivity index (χ3n) is 6.76. The number of carbonyl (C=O) groups is 2. The Bertz CT molecular complexity index is 832. The van der Waals surface area contributed by atoms with Gasteiger partial charge >= 0.3 is 0 Å². The number of phenols is 1. The molecule has 30 heavy (non-hydrogen) atoms. The van der Waals surface area contributed by atoms with Gasteiger partial charge in [-0.25, -0.2) is 0 Å². The van der Waals surface area contributed by atoms with Crippen molar-refractivity contribution in [3.05, 3.63) is 22.3 Å². The van der Waals surface area contributed by atoms with Crippen LogP contribution in [-0.4, -0.2) is 46.3 Å². The predicted molar refractivity (Wildman–Crippen MR) is 114 cm³/mol. The molecule has 1 aromatic carbocycles. The van der Waals surface area contributed by atoms with Crippen LogP contribution in [0.4, 0.5) is 0 Å². The molecule has 3 rings (SSSR count). The fraction of sp³-hybridized carbons (Fsp3) is 0.652. The topological polar surface area (TPSA) is 108 Å². The van der Waals surface area contributed by atoms with Gasteiger partial charge in [-0.2, -0.15) is 0 Å². The average Bonchev–Trinajstić information content (AvgIpc) is 2.74. The van der Waals surface area contributed by atoms with E-state index >= 15 is 0 Å². The van der Waals surface area contributed by atoms with E-state index in [0.717, 1.165) is 47.9 Å². The third kappa shape index (κ3) is 4.26. The second kappa shape index (κ2) is 8.84. The van der Waals surface area contributed by atoms with Crippen LogP contribution in [0.5, 0.6) is 11.5 Å². The van der Waals surface area contributed by atoms with Crippen LogP contribution < -0.4 is 15.4 Å². The summed E-state index contributed by atoms with van der Waals surface area (Å²) in [6, 6.07) is -0.905. The summed E-state index contributed by atoms with van der Waals surface area (Å²) in [6.07, 6.45) is 6.20. The second-order valence-electron chi connectivity index (χ2n) is 8.92. The molecular weight excluding hydrogens is 384 g/mol. The van der Waals surface area contributed by atoms with Gasteiger partial charge in [0.25, 0.3) is 5.91 Å². The summed E-state index contributed by atoms with van der Waals surface area (Å²) in [6.45, 7) is 6.78. The minimum absolute atomic E-state index is 0.104. The van der Waals surface area contributed by atoms with E-state index in [-0.39, 0.29) is 17.7 Å². The maximum absolute atomic E-state index is 13.1. The molecular formula is C23H34N2O5. The van der Waals surface area contributed by atoms with E-state index in [2.05, 4.69) is 10.6 Å². The first-order valence-corrected chi connectivity index (χ1v) is 10.9. The van der Waals surface area contributed by atoms with E-state index in [4.69, 9.17) is 4.74 Å². The SMILES string of the molecule is Cc1c(C)c2c(c(C)c1O)CCC(C)(C(=O)N[C@@H](CO)C(=O)NC1CCCCC1)O2.